The zero-order chi connectivity index (χ0) is 11.4. The lowest BCUT2D eigenvalue weighted by Gasteiger charge is -2.24. The summed E-state index contributed by atoms with van der Waals surface area (Å²) >= 11 is 0. The lowest BCUT2D eigenvalue weighted by molar-refractivity contribution is 0.173. The van der Waals surface area contributed by atoms with Crippen molar-refractivity contribution in [3.63, 3.8) is 0 Å². The molecule has 0 heterocycles. The molecule has 15 heavy (non-hydrogen) atoms. The lowest BCUT2D eigenvalue weighted by Crippen LogP contribution is -2.25. The van der Waals surface area contributed by atoms with Gasteiger partial charge in [0.15, 0.2) is 0 Å². The van der Waals surface area contributed by atoms with Gasteiger partial charge in [0.1, 0.15) is 0 Å². The molecule has 0 saturated carbocycles. The molecular weight excluding hydrogens is 186 g/mol. The normalized spacial score (nSPS) is 12.9. The predicted octanol–water partition coefficient (Wildman–Crippen LogP) is 2.97. The van der Waals surface area contributed by atoms with E-state index in [0.717, 1.165) is 12.0 Å². The average Bonchev–Trinajstić information content (AvgIpc) is 2.27. The van der Waals surface area contributed by atoms with E-state index in [1.165, 1.54) is 5.69 Å². The maximum absolute atomic E-state index is 9.65. The highest BCUT2D eigenvalue weighted by Gasteiger charge is 2.07. The van der Waals surface area contributed by atoms with Gasteiger partial charge in [-0.3, -0.25) is 0 Å². The van der Waals surface area contributed by atoms with Gasteiger partial charge in [0, 0.05) is 18.8 Å². The van der Waals surface area contributed by atoms with Gasteiger partial charge in [-0.25, -0.2) is 0 Å². The third-order valence-corrected chi connectivity index (χ3v) is 2.85. The molecule has 0 spiro atoms. The minimum absolute atomic E-state index is 0.330. The smallest absolute Gasteiger partial charge is 0.0787 e. The van der Waals surface area contributed by atoms with E-state index in [2.05, 4.69) is 37.9 Å². The molecule has 1 aromatic rings. The van der Waals surface area contributed by atoms with Crippen molar-refractivity contribution in [2.75, 3.05) is 11.9 Å². The van der Waals surface area contributed by atoms with Gasteiger partial charge in [0.05, 0.1) is 6.10 Å². The molecule has 2 nitrogen and oxygen atoms in total. The van der Waals surface area contributed by atoms with Crippen LogP contribution in [0.1, 0.15) is 38.9 Å². The van der Waals surface area contributed by atoms with Crippen molar-refractivity contribution in [1.82, 2.24) is 0 Å². The van der Waals surface area contributed by atoms with Crippen LogP contribution in [0, 0.1) is 0 Å². The molecule has 0 aliphatic rings. The summed E-state index contributed by atoms with van der Waals surface area (Å²) in [5.41, 5.74) is 2.19. The molecule has 0 aromatic heterocycles. The van der Waals surface area contributed by atoms with Gasteiger partial charge in [-0.05, 0) is 38.0 Å². The molecule has 1 atom stereocenters. The maximum Gasteiger partial charge on any atom is 0.0787 e. The minimum atomic E-state index is -0.330. The van der Waals surface area contributed by atoms with Crippen LogP contribution < -0.4 is 4.90 Å². The average molecular weight is 207 g/mol. The molecule has 0 saturated heterocycles. The van der Waals surface area contributed by atoms with Gasteiger partial charge in [-0.15, -0.1) is 0 Å². The van der Waals surface area contributed by atoms with E-state index in [4.69, 9.17) is 0 Å². The number of nitrogens with zero attached hydrogens (tertiary/aromatic N) is 1. The van der Waals surface area contributed by atoms with Gasteiger partial charge in [0.25, 0.3) is 0 Å². The monoisotopic (exact) mass is 207 g/mol. The SMILES string of the molecule is CCC(O)c1ccc(N(C)C(C)C)cc1. The number of aliphatic hydroxyl groups excluding tert-OH is 1. The van der Waals surface area contributed by atoms with E-state index in [-0.39, 0.29) is 6.10 Å². The van der Waals surface area contributed by atoms with Crippen LogP contribution in [0.3, 0.4) is 0 Å². The number of aliphatic hydroxyl groups is 1. The Morgan fingerprint density at radius 1 is 1.20 bits per heavy atom. The Hall–Kier alpha value is -1.02. The second-order valence-corrected chi connectivity index (χ2v) is 4.22. The van der Waals surface area contributed by atoms with Gasteiger partial charge >= 0.3 is 0 Å². The van der Waals surface area contributed by atoms with E-state index < -0.39 is 0 Å². The predicted molar refractivity (Wildman–Crippen MR) is 65.2 cm³/mol. The van der Waals surface area contributed by atoms with Gasteiger partial charge in [-0.2, -0.15) is 0 Å². The first kappa shape index (κ1) is 12.1. The molecule has 0 fully saturated rings. The molecule has 0 bridgehead atoms. The zero-order valence-corrected chi connectivity index (χ0v) is 10.1. The molecule has 0 amide bonds. The summed E-state index contributed by atoms with van der Waals surface area (Å²) < 4.78 is 0. The fourth-order valence-corrected chi connectivity index (χ4v) is 1.47. The molecule has 1 unspecified atom stereocenters. The van der Waals surface area contributed by atoms with E-state index in [1.807, 2.05) is 19.1 Å². The third-order valence-electron chi connectivity index (χ3n) is 2.85. The van der Waals surface area contributed by atoms with Crippen LogP contribution in [0.2, 0.25) is 0 Å². The van der Waals surface area contributed by atoms with Crippen LogP contribution in [0.5, 0.6) is 0 Å². The van der Waals surface area contributed by atoms with E-state index in [1.54, 1.807) is 0 Å². The third kappa shape index (κ3) is 2.96. The number of benzene rings is 1. The first-order valence-electron chi connectivity index (χ1n) is 5.57. The van der Waals surface area contributed by atoms with Crippen LogP contribution in [0.25, 0.3) is 0 Å². The highest BCUT2D eigenvalue weighted by Crippen LogP contribution is 2.21. The van der Waals surface area contributed by atoms with Crippen molar-refractivity contribution in [3.8, 4) is 0 Å². The van der Waals surface area contributed by atoms with Crippen LogP contribution in [-0.2, 0) is 0 Å². The molecule has 1 rings (SSSR count). The molecule has 0 radical (unpaired) electrons. The summed E-state index contributed by atoms with van der Waals surface area (Å²) in [6.07, 6.45) is 0.433. The Morgan fingerprint density at radius 2 is 1.73 bits per heavy atom. The van der Waals surface area contributed by atoms with Crippen molar-refractivity contribution < 1.29 is 5.11 Å². The Bertz CT molecular complexity index is 292. The topological polar surface area (TPSA) is 23.5 Å². The Kier molecular flexibility index (Phi) is 4.15. The van der Waals surface area contributed by atoms with Crippen LogP contribution in [0.4, 0.5) is 5.69 Å². The summed E-state index contributed by atoms with van der Waals surface area (Å²) in [5, 5.41) is 9.65. The van der Waals surface area contributed by atoms with Gasteiger partial charge in [0.2, 0.25) is 0 Å². The molecule has 0 aliphatic heterocycles. The summed E-state index contributed by atoms with van der Waals surface area (Å²) in [6, 6.07) is 8.62. The fourth-order valence-electron chi connectivity index (χ4n) is 1.47. The second kappa shape index (κ2) is 5.17. The Balaban J connectivity index is 2.80. The summed E-state index contributed by atoms with van der Waals surface area (Å²) in [6.45, 7) is 6.31. The van der Waals surface area contributed by atoms with Crippen molar-refractivity contribution >= 4 is 5.69 Å². The molecule has 0 aliphatic carbocycles. The maximum atomic E-state index is 9.65. The zero-order valence-electron chi connectivity index (χ0n) is 10.1. The van der Waals surface area contributed by atoms with Crippen molar-refractivity contribution in [3.05, 3.63) is 29.8 Å². The van der Waals surface area contributed by atoms with Crippen molar-refractivity contribution in [2.45, 2.75) is 39.3 Å². The quantitative estimate of drug-likeness (QED) is 0.820. The molecular formula is C13H21NO. The molecule has 1 aromatic carbocycles. The first-order valence-corrected chi connectivity index (χ1v) is 5.57. The number of rotatable bonds is 4. The Morgan fingerprint density at radius 3 is 2.13 bits per heavy atom. The number of anilines is 1. The van der Waals surface area contributed by atoms with Gasteiger partial charge in [-0.1, -0.05) is 19.1 Å². The Labute approximate surface area is 92.5 Å². The number of hydrogen-bond acceptors (Lipinski definition) is 2. The highest BCUT2D eigenvalue weighted by molar-refractivity contribution is 5.47. The summed E-state index contributed by atoms with van der Waals surface area (Å²) in [7, 11) is 2.08. The van der Waals surface area contributed by atoms with Crippen LogP contribution >= 0.6 is 0 Å². The highest BCUT2D eigenvalue weighted by atomic mass is 16.3. The van der Waals surface area contributed by atoms with Crippen molar-refractivity contribution in [1.29, 1.82) is 0 Å². The fraction of sp³-hybridized carbons (Fsp3) is 0.538. The van der Waals surface area contributed by atoms with Crippen LogP contribution in [-0.4, -0.2) is 18.2 Å². The van der Waals surface area contributed by atoms with E-state index >= 15 is 0 Å². The number of hydrogen-bond donors (Lipinski definition) is 1. The van der Waals surface area contributed by atoms with E-state index in [0.29, 0.717) is 6.04 Å². The molecule has 1 N–H and O–H groups in total. The molecule has 2 heteroatoms. The van der Waals surface area contributed by atoms with Gasteiger partial charge < -0.3 is 10.0 Å². The van der Waals surface area contributed by atoms with E-state index in [9.17, 15) is 5.11 Å². The first-order chi connectivity index (χ1) is 7.06. The summed E-state index contributed by atoms with van der Waals surface area (Å²) in [4.78, 5) is 2.21. The molecule has 84 valence electrons. The lowest BCUT2D eigenvalue weighted by atomic mass is 10.1. The second-order valence-electron chi connectivity index (χ2n) is 4.22. The minimum Gasteiger partial charge on any atom is -0.388 e. The largest absolute Gasteiger partial charge is 0.388 e. The van der Waals surface area contributed by atoms with Crippen LogP contribution in [0.15, 0.2) is 24.3 Å². The van der Waals surface area contributed by atoms with Crippen molar-refractivity contribution in [2.24, 2.45) is 0 Å². The standard InChI is InChI=1S/C13H21NO/c1-5-13(15)11-6-8-12(9-7-11)14(4)10(2)3/h6-10,13,15H,5H2,1-4H3. The summed E-state index contributed by atoms with van der Waals surface area (Å²) in [5.74, 6) is 0.